The van der Waals surface area contributed by atoms with Gasteiger partial charge in [0, 0.05) is 24.9 Å². The Morgan fingerprint density at radius 2 is 2.04 bits per heavy atom. The van der Waals surface area contributed by atoms with E-state index < -0.39 is 17.5 Å². The van der Waals surface area contributed by atoms with Crippen LogP contribution in [0.15, 0.2) is 16.9 Å². The third kappa shape index (κ3) is 2.69. The van der Waals surface area contributed by atoms with Crippen LogP contribution in [0.5, 0.6) is 0 Å². The molecular weight excluding hydrogens is 330 g/mol. The summed E-state index contributed by atoms with van der Waals surface area (Å²) in [6, 6.07) is 0.815. The number of hydrogen-bond acceptors (Lipinski definition) is 6. The van der Waals surface area contributed by atoms with Crippen molar-refractivity contribution in [3.05, 3.63) is 29.8 Å². The Morgan fingerprint density at radius 1 is 1.25 bits per heavy atom. The molecule has 2 fully saturated rings. The Hall–Kier alpha value is -2.26. The van der Waals surface area contributed by atoms with Gasteiger partial charge in [0.1, 0.15) is 17.8 Å². The predicted octanol–water partition coefficient (Wildman–Crippen LogP) is 2.83. The monoisotopic (exact) mass is 343 g/mol. The third-order valence-electron chi connectivity index (χ3n) is 4.25. The van der Waals surface area contributed by atoms with E-state index in [1.54, 1.807) is 0 Å². The molecule has 0 N–H and O–H groups in total. The van der Waals surface area contributed by atoms with Crippen molar-refractivity contribution in [3.8, 4) is 0 Å². The molecule has 2 aromatic heterocycles. The van der Waals surface area contributed by atoms with Crippen molar-refractivity contribution >= 4 is 5.82 Å². The van der Waals surface area contributed by atoms with Crippen molar-refractivity contribution in [2.24, 2.45) is 0 Å². The minimum atomic E-state index is -4.57. The quantitative estimate of drug-likeness (QED) is 0.799. The van der Waals surface area contributed by atoms with Crippen molar-refractivity contribution in [3.63, 3.8) is 0 Å². The highest BCUT2D eigenvalue weighted by Crippen LogP contribution is 2.41. The molecule has 2 aliphatic rings. The standard InChI is InChI=1S/C14H13F4N5O/c15-13(12-21-11(22-24-12)8-1-2-8)3-4-23(6-13)10-5-9(14(16,17)18)19-7-20-10/h5,7-8H,1-4,6H2. The molecule has 0 amide bonds. The zero-order valence-electron chi connectivity index (χ0n) is 12.4. The van der Waals surface area contributed by atoms with Crippen molar-refractivity contribution in [2.45, 2.75) is 37.0 Å². The summed E-state index contributed by atoms with van der Waals surface area (Å²) in [6.07, 6.45) is -1.77. The molecule has 0 radical (unpaired) electrons. The normalized spacial score (nSPS) is 24.6. The van der Waals surface area contributed by atoms with Gasteiger partial charge in [-0.05, 0) is 12.8 Å². The first-order chi connectivity index (χ1) is 11.4. The van der Waals surface area contributed by atoms with Crippen molar-refractivity contribution in [2.75, 3.05) is 18.0 Å². The fourth-order valence-corrected chi connectivity index (χ4v) is 2.74. The largest absolute Gasteiger partial charge is 0.433 e. The fraction of sp³-hybridized carbons (Fsp3) is 0.571. The highest BCUT2D eigenvalue weighted by atomic mass is 19.4. The Kier molecular flexibility index (Phi) is 3.26. The summed E-state index contributed by atoms with van der Waals surface area (Å²) in [4.78, 5) is 12.6. The first-order valence-corrected chi connectivity index (χ1v) is 7.52. The van der Waals surface area contributed by atoms with Crippen LogP contribution in [0.2, 0.25) is 0 Å². The van der Waals surface area contributed by atoms with Gasteiger partial charge in [0.15, 0.2) is 5.82 Å². The summed E-state index contributed by atoms with van der Waals surface area (Å²) in [5, 5.41) is 3.79. The van der Waals surface area contributed by atoms with Gasteiger partial charge in [-0.1, -0.05) is 5.16 Å². The predicted molar refractivity (Wildman–Crippen MR) is 72.9 cm³/mol. The van der Waals surface area contributed by atoms with Gasteiger partial charge in [-0.15, -0.1) is 0 Å². The van der Waals surface area contributed by atoms with Gasteiger partial charge in [-0.25, -0.2) is 14.4 Å². The summed E-state index contributed by atoms with van der Waals surface area (Å²) >= 11 is 0. The van der Waals surface area contributed by atoms with Crippen molar-refractivity contribution < 1.29 is 22.1 Å². The lowest BCUT2D eigenvalue weighted by atomic mass is 10.1. The fourth-order valence-electron chi connectivity index (χ4n) is 2.74. The van der Waals surface area contributed by atoms with E-state index in [1.165, 1.54) is 4.90 Å². The van der Waals surface area contributed by atoms with Crippen LogP contribution in [0.4, 0.5) is 23.4 Å². The SMILES string of the molecule is FC(F)(F)c1cc(N2CCC(F)(c3nc(C4CC4)no3)C2)ncn1. The van der Waals surface area contributed by atoms with Crippen molar-refractivity contribution in [1.82, 2.24) is 20.1 Å². The molecule has 0 bridgehead atoms. The molecule has 24 heavy (non-hydrogen) atoms. The van der Waals surface area contributed by atoms with Gasteiger partial charge in [-0.2, -0.15) is 18.2 Å². The molecule has 0 spiro atoms. The maximum atomic E-state index is 15.1. The van der Waals surface area contributed by atoms with E-state index in [0.29, 0.717) is 5.82 Å². The zero-order valence-corrected chi connectivity index (χ0v) is 12.4. The lowest BCUT2D eigenvalue weighted by Crippen LogP contribution is -2.28. The molecule has 1 aliphatic heterocycles. The maximum Gasteiger partial charge on any atom is 0.433 e. The van der Waals surface area contributed by atoms with Gasteiger partial charge in [-0.3, -0.25) is 0 Å². The second kappa shape index (κ2) is 5.12. The van der Waals surface area contributed by atoms with Crippen LogP contribution in [0, 0.1) is 0 Å². The maximum absolute atomic E-state index is 15.1. The smallest absolute Gasteiger partial charge is 0.353 e. The van der Waals surface area contributed by atoms with Crippen LogP contribution >= 0.6 is 0 Å². The molecule has 3 heterocycles. The summed E-state index contributed by atoms with van der Waals surface area (Å²) in [6.45, 7) is 0.0135. The molecule has 4 rings (SSSR count). The van der Waals surface area contributed by atoms with Crippen LogP contribution in [0.25, 0.3) is 0 Å². The molecule has 1 unspecified atom stereocenters. The van der Waals surface area contributed by atoms with E-state index >= 15 is 4.39 Å². The molecule has 10 heteroatoms. The van der Waals surface area contributed by atoms with Gasteiger partial charge in [0.25, 0.3) is 5.89 Å². The van der Waals surface area contributed by atoms with Gasteiger partial charge >= 0.3 is 6.18 Å². The lowest BCUT2D eigenvalue weighted by Gasteiger charge is -2.19. The van der Waals surface area contributed by atoms with E-state index in [4.69, 9.17) is 4.52 Å². The van der Waals surface area contributed by atoms with Crippen LogP contribution in [0.3, 0.4) is 0 Å². The Bertz CT molecular complexity index is 760. The lowest BCUT2D eigenvalue weighted by molar-refractivity contribution is -0.141. The first kappa shape index (κ1) is 15.3. The highest BCUT2D eigenvalue weighted by Gasteiger charge is 2.46. The van der Waals surface area contributed by atoms with Crippen LogP contribution in [0.1, 0.15) is 42.6 Å². The molecule has 1 saturated carbocycles. The van der Waals surface area contributed by atoms with Crippen LogP contribution in [-0.2, 0) is 11.8 Å². The third-order valence-corrected chi connectivity index (χ3v) is 4.25. The molecule has 6 nitrogen and oxygen atoms in total. The summed E-state index contributed by atoms with van der Waals surface area (Å²) in [5.74, 6) is 0.650. The van der Waals surface area contributed by atoms with Crippen LogP contribution < -0.4 is 4.90 Å². The number of nitrogens with zero attached hydrogens (tertiary/aromatic N) is 5. The number of rotatable bonds is 3. The highest BCUT2D eigenvalue weighted by molar-refractivity contribution is 5.42. The molecule has 1 atom stereocenters. The average molecular weight is 343 g/mol. The van der Waals surface area contributed by atoms with E-state index in [0.717, 1.165) is 25.2 Å². The second-order valence-electron chi connectivity index (χ2n) is 6.13. The Balaban J connectivity index is 1.55. The minimum absolute atomic E-state index is 0.0266. The molecule has 1 saturated heterocycles. The molecule has 1 aliphatic carbocycles. The van der Waals surface area contributed by atoms with Crippen LogP contribution in [-0.4, -0.2) is 33.2 Å². The topological polar surface area (TPSA) is 67.9 Å². The molecular formula is C14H13F4N5O. The first-order valence-electron chi connectivity index (χ1n) is 7.52. The summed E-state index contributed by atoms with van der Waals surface area (Å²) in [5.41, 5.74) is -2.94. The Labute approximate surface area is 133 Å². The number of alkyl halides is 4. The number of aromatic nitrogens is 4. The number of anilines is 1. The molecule has 0 aromatic carbocycles. The van der Waals surface area contributed by atoms with Gasteiger partial charge in [0.2, 0.25) is 5.67 Å². The number of halogens is 4. The van der Waals surface area contributed by atoms with E-state index in [-0.39, 0.29) is 37.1 Å². The zero-order chi connectivity index (χ0) is 16.9. The summed E-state index contributed by atoms with van der Waals surface area (Å²) in [7, 11) is 0. The number of hydrogen-bond donors (Lipinski definition) is 0. The summed E-state index contributed by atoms with van der Waals surface area (Å²) < 4.78 is 58.4. The van der Waals surface area contributed by atoms with E-state index in [1.807, 2.05) is 0 Å². The molecule has 128 valence electrons. The average Bonchev–Trinajstić information content (AvgIpc) is 3.12. The Morgan fingerprint density at radius 3 is 2.75 bits per heavy atom. The van der Waals surface area contributed by atoms with Gasteiger partial charge < -0.3 is 9.42 Å². The molecule has 2 aromatic rings. The van der Waals surface area contributed by atoms with Crippen molar-refractivity contribution in [1.29, 1.82) is 0 Å². The minimum Gasteiger partial charge on any atom is -0.353 e. The van der Waals surface area contributed by atoms with E-state index in [9.17, 15) is 13.2 Å². The van der Waals surface area contributed by atoms with E-state index in [2.05, 4.69) is 20.1 Å². The van der Waals surface area contributed by atoms with Gasteiger partial charge in [0.05, 0.1) is 6.54 Å². The second-order valence-corrected chi connectivity index (χ2v) is 6.13.